The lowest BCUT2D eigenvalue weighted by atomic mass is 9.92. The van der Waals surface area contributed by atoms with Gasteiger partial charge in [0.05, 0.1) is 5.57 Å². The Morgan fingerprint density at radius 1 is 1.42 bits per heavy atom. The molecular formula is C9H11F3. The summed E-state index contributed by atoms with van der Waals surface area (Å²) in [4.78, 5) is 0. The highest BCUT2D eigenvalue weighted by molar-refractivity contribution is 5.31. The zero-order chi connectivity index (χ0) is 9.35. The van der Waals surface area contributed by atoms with Crippen molar-refractivity contribution in [3.8, 4) is 0 Å². The van der Waals surface area contributed by atoms with Crippen LogP contribution in [0.3, 0.4) is 0 Å². The Bertz CT molecular complexity index is 233. The Labute approximate surface area is 69.8 Å². The average Bonchev–Trinajstić information content (AvgIpc) is 1.82. The molecule has 0 aliphatic heterocycles. The van der Waals surface area contributed by atoms with Crippen LogP contribution in [-0.4, -0.2) is 6.18 Å². The van der Waals surface area contributed by atoms with Crippen LogP contribution in [0.2, 0.25) is 0 Å². The highest BCUT2D eigenvalue weighted by Crippen LogP contribution is 2.33. The number of hydrogen-bond acceptors (Lipinski definition) is 0. The zero-order valence-corrected chi connectivity index (χ0v) is 7.07. The van der Waals surface area contributed by atoms with Gasteiger partial charge in [0.25, 0.3) is 0 Å². The Kier molecular flexibility index (Phi) is 2.31. The molecule has 3 heteroatoms. The lowest BCUT2D eigenvalue weighted by Crippen LogP contribution is -2.14. The topological polar surface area (TPSA) is 0 Å². The molecule has 1 rings (SSSR count). The van der Waals surface area contributed by atoms with Gasteiger partial charge >= 0.3 is 6.18 Å². The van der Waals surface area contributed by atoms with Crippen molar-refractivity contribution in [3.05, 3.63) is 23.3 Å². The van der Waals surface area contributed by atoms with E-state index in [9.17, 15) is 13.2 Å². The molecule has 0 spiro atoms. The van der Waals surface area contributed by atoms with E-state index in [1.165, 1.54) is 12.2 Å². The van der Waals surface area contributed by atoms with E-state index < -0.39 is 11.7 Å². The van der Waals surface area contributed by atoms with Gasteiger partial charge in [-0.3, -0.25) is 0 Å². The molecule has 0 radical (unpaired) electrons. The van der Waals surface area contributed by atoms with Crippen LogP contribution in [0.15, 0.2) is 23.3 Å². The molecule has 0 bridgehead atoms. The molecule has 12 heavy (non-hydrogen) atoms. The number of halogens is 3. The van der Waals surface area contributed by atoms with Crippen LogP contribution in [0.1, 0.15) is 20.3 Å². The number of hydrogen-bond donors (Lipinski definition) is 0. The molecule has 0 aromatic rings. The lowest BCUT2D eigenvalue weighted by Gasteiger charge is -2.17. The molecule has 0 saturated heterocycles. The first-order chi connectivity index (χ1) is 5.39. The van der Waals surface area contributed by atoms with E-state index in [0.29, 0.717) is 0 Å². The van der Waals surface area contributed by atoms with Crippen molar-refractivity contribution >= 4 is 0 Å². The van der Waals surface area contributed by atoms with Gasteiger partial charge in [0.15, 0.2) is 0 Å². The monoisotopic (exact) mass is 176 g/mol. The van der Waals surface area contributed by atoms with Crippen LogP contribution in [-0.2, 0) is 0 Å². The van der Waals surface area contributed by atoms with E-state index in [4.69, 9.17) is 0 Å². The summed E-state index contributed by atoms with van der Waals surface area (Å²) >= 11 is 0. The zero-order valence-electron chi connectivity index (χ0n) is 7.07. The fourth-order valence-corrected chi connectivity index (χ4v) is 1.42. The SMILES string of the molecule is CC1=CC(C(F)(F)F)=C[C@H](C)C1. The number of rotatable bonds is 0. The van der Waals surface area contributed by atoms with E-state index in [0.717, 1.165) is 12.0 Å². The number of allylic oxidation sites excluding steroid dienone is 4. The molecule has 1 atom stereocenters. The normalized spacial score (nSPS) is 24.9. The highest BCUT2D eigenvalue weighted by Gasteiger charge is 2.33. The van der Waals surface area contributed by atoms with Crippen molar-refractivity contribution in [1.82, 2.24) is 0 Å². The van der Waals surface area contributed by atoms with Crippen LogP contribution < -0.4 is 0 Å². The van der Waals surface area contributed by atoms with Crippen LogP contribution in [0, 0.1) is 5.92 Å². The Hall–Kier alpha value is -0.730. The summed E-state index contributed by atoms with van der Waals surface area (Å²) in [7, 11) is 0. The fraction of sp³-hybridized carbons (Fsp3) is 0.556. The molecule has 0 aromatic heterocycles. The molecule has 0 heterocycles. The maximum Gasteiger partial charge on any atom is 0.416 e. The van der Waals surface area contributed by atoms with E-state index in [2.05, 4.69) is 0 Å². The van der Waals surface area contributed by atoms with Gasteiger partial charge in [-0.2, -0.15) is 13.2 Å². The summed E-state index contributed by atoms with van der Waals surface area (Å²) in [5.41, 5.74) is 0.302. The molecule has 0 N–H and O–H groups in total. The third kappa shape index (κ3) is 2.13. The van der Waals surface area contributed by atoms with E-state index in [1.54, 1.807) is 13.8 Å². The molecule has 0 aromatic carbocycles. The smallest absolute Gasteiger partial charge is 0.166 e. The minimum absolute atomic E-state index is 0.00613. The van der Waals surface area contributed by atoms with Crippen molar-refractivity contribution < 1.29 is 13.2 Å². The molecule has 0 unspecified atom stereocenters. The highest BCUT2D eigenvalue weighted by atomic mass is 19.4. The van der Waals surface area contributed by atoms with Gasteiger partial charge in [-0.25, -0.2) is 0 Å². The molecule has 1 aliphatic rings. The van der Waals surface area contributed by atoms with Crippen LogP contribution in [0.4, 0.5) is 13.2 Å². The first-order valence-corrected chi connectivity index (χ1v) is 3.86. The van der Waals surface area contributed by atoms with Gasteiger partial charge in [0, 0.05) is 0 Å². The standard InChI is InChI=1S/C9H11F3/c1-6-3-7(2)5-8(4-6)9(10,11)12/h4-6H,3H2,1-2H3/t6-/m1/s1. The van der Waals surface area contributed by atoms with Crippen LogP contribution >= 0.6 is 0 Å². The number of alkyl halides is 3. The molecule has 0 nitrogen and oxygen atoms in total. The Balaban J connectivity index is 2.91. The summed E-state index contributed by atoms with van der Waals surface area (Å²) < 4.78 is 36.5. The summed E-state index contributed by atoms with van der Waals surface area (Å²) in [5.74, 6) is 0.00613. The van der Waals surface area contributed by atoms with Crippen LogP contribution in [0.25, 0.3) is 0 Å². The third-order valence-corrected chi connectivity index (χ3v) is 1.84. The van der Waals surface area contributed by atoms with Gasteiger partial charge < -0.3 is 0 Å². The second-order valence-electron chi connectivity index (χ2n) is 3.29. The Morgan fingerprint density at radius 2 is 2.00 bits per heavy atom. The quantitative estimate of drug-likeness (QED) is 0.530. The largest absolute Gasteiger partial charge is 0.416 e. The Morgan fingerprint density at radius 3 is 2.42 bits per heavy atom. The van der Waals surface area contributed by atoms with E-state index in [1.807, 2.05) is 0 Å². The maximum atomic E-state index is 12.2. The molecule has 68 valence electrons. The van der Waals surface area contributed by atoms with Crippen molar-refractivity contribution in [1.29, 1.82) is 0 Å². The van der Waals surface area contributed by atoms with Gasteiger partial charge in [-0.15, -0.1) is 0 Å². The molecule has 0 fully saturated rings. The van der Waals surface area contributed by atoms with Gasteiger partial charge in [-0.05, 0) is 19.3 Å². The minimum atomic E-state index is -4.18. The van der Waals surface area contributed by atoms with Gasteiger partial charge in [-0.1, -0.05) is 24.6 Å². The van der Waals surface area contributed by atoms with Crippen LogP contribution in [0.5, 0.6) is 0 Å². The fourth-order valence-electron chi connectivity index (χ4n) is 1.42. The van der Waals surface area contributed by atoms with Gasteiger partial charge in [0.2, 0.25) is 0 Å². The first-order valence-electron chi connectivity index (χ1n) is 3.86. The van der Waals surface area contributed by atoms with Crippen molar-refractivity contribution in [2.45, 2.75) is 26.4 Å². The van der Waals surface area contributed by atoms with Crippen molar-refractivity contribution in [3.63, 3.8) is 0 Å². The second-order valence-corrected chi connectivity index (χ2v) is 3.29. The average molecular weight is 176 g/mol. The lowest BCUT2D eigenvalue weighted by molar-refractivity contribution is -0.0889. The predicted molar refractivity (Wildman–Crippen MR) is 41.7 cm³/mol. The first kappa shape index (κ1) is 9.36. The van der Waals surface area contributed by atoms with E-state index in [-0.39, 0.29) is 5.92 Å². The predicted octanol–water partition coefficient (Wildman–Crippen LogP) is 3.46. The molecule has 1 aliphatic carbocycles. The summed E-state index contributed by atoms with van der Waals surface area (Å²) in [6.45, 7) is 3.53. The second kappa shape index (κ2) is 2.96. The third-order valence-electron chi connectivity index (χ3n) is 1.84. The van der Waals surface area contributed by atoms with E-state index >= 15 is 0 Å². The minimum Gasteiger partial charge on any atom is -0.166 e. The molecular weight excluding hydrogens is 165 g/mol. The summed E-state index contributed by atoms with van der Waals surface area (Å²) in [6.07, 6.45) is -0.942. The molecule has 0 amide bonds. The van der Waals surface area contributed by atoms with Crippen molar-refractivity contribution in [2.24, 2.45) is 5.92 Å². The summed E-state index contributed by atoms with van der Waals surface area (Å²) in [6, 6.07) is 0. The maximum absolute atomic E-state index is 12.2. The van der Waals surface area contributed by atoms with Gasteiger partial charge in [0.1, 0.15) is 0 Å². The van der Waals surface area contributed by atoms with Crippen molar-refractivity contribution in [2.75, 3.05) is 0 Å². The summed E-state index contributed by atoms with van der Waals surface area (Å²) in [5, 5.41) is 0. The molecule has 0 saturated carbocycles.